The molecule has 0 spiro atoms. The standard InChI is InChI=1S/C14H17N3O2/c15-12-3-1-2-9-4-5-17(8-11(9)12)14(19)10-6-13(18)16-7-10/h1-3,10H,4-8,15H2,(H,16,18). The molecule has 2 aliphatic heterocycles. The summed E-state index contributed by atoms with van der Waals surface area (Å²) < 4.78 is 0. The molecule has 100 valence electrons. The number of benzene rings is 1. The summed E-state index contributed by atoms with van der Waals surface area (Å²) >= 11 is 0. The molecular weight excluding hydrogens is 242 g/mol. The summed E-state index contributed by atoms with van der Waals surface area (Å²) in [4.78, 5) is 25.4. The Morgan fingerprint density at radius 3 is 3.00 bits per heavy atom. The second kappa shape index (κ2) is 4.57. The minimum absolute atomic E-state index is 0.0322. The predicted octanol–water partition coefficient (Wildman–Crippen LogP) is 0.290. The summed E-state index contributed by atoms with van der Waals surface area (Å²) in [6.07, 6.45) is 1.15. The molecule has 19 heavy (non-hydrogen) atoms. The number of nitrogens with one attached hydrogen (secondary N) is 1. The average Bonchev–Trinajstić information content (AvgIpc) is 2.85. The van der Waals surface area contributed by atoms with Crippen LogP contribution in [0.3, 0.4) is 0 Å². The Kier molecular flexibility index (Phi) is 2.89. The number of nitrogen functional groups attached to an aromatic ring is 1. The first-order chi connectivity index (χ1) is 9.15. The molecule has 1 saturated heterocycles. The lowest BCUT2D eigenvalue weighted by Gasteiger charge is -2.31. The highest BCUT2D eigenvalue weighted by Gasteiger charge is 2.32. The minimum atomic E-state index is -0.209. The lowest BCUT2D eigenvalue weighted by atomic mass is 9.96. The Morgan fingerprint density at radius 2 is 2.26 bits per heavy atom. The van der Waals surface area contributed by atoms with Crippen molar-refractivity contribution in [2.24, 2.45) is 5.92 Å². The molecule has 5 heteroatoms. The Hall–Kier alpha value is -2.04. The van der Waals surface area contributed by atoms with Crippen LogP contribution in [0, 0.1) is 5.92 Å². The van der Waals surface area contributed by atoms with E-state index in [1.54, 1.807) is 0 Å². The van der Waals surface area contributed by atoms with E-state index in [0.717, 1.165) is 17.7 Å². The van der Waals surface area contributed by atoms with Gasteiger partial charge >= 0.3 is 0 Å². The van der Waals surface area contributed by atoms with Crippen molar-refractivity contribution in [1.29, 1.82) is 0 Å². The fraction of sp³-hybridized carbons (Fsp3) is 0.429. The summed E-state index contributed by atoms with van der Waals surface area (Å²) in [7, 11) is 0. The smallest absolute Gasteiger partial charge is 0.228 e. The second-order valence-electron chi connectivity index (χ2n) is 5.20. The average molecular weight is 259 g/mol. The Balaban J connectivity index is 1.76. The maximum absolute atomic E-state index is 12.4. The Bertz CT molecular complexity index is 541. The van der Waals surface area contributed by atoms with Crippen molar-refractivity contribution < 1.29 is 9.59 Å². The van der Waals surface area contributed by atoms with E-state index in [1.807, 2.05) is 17.0 Å². The van der Waals surface area contributed by atoms with Crippen LogP contribution in [-0.4, -0.2) is 29.8 Å². The number of fused-ring (bicyclic) bond motifs is 1. The number of amides is 2. The summed E-state index contributed by atoms with van der Waals surface area (Å²) in [6.45, 7) is 1.73. The van der Waals surface area contributed by atoms with Gasteiger partial charge in [-0.15, -0.1) is 0 Å². The Morgan fingerprint density at radius 1 is 1.42 bits per heavy atom. The second-order valence-corrected chi connectivity index (χ2v) is 5.20. The molecular formula is C14H17N3O2. The van der Waals surface area contributed by atoms with E-state index in [-0.39, 0.29) is 17.7 Å². The highest BCUT2D eigenvalue weighted by atomic mass is 16.2. The molecule has 3 N–H and O–H groups in total. The number of carbonyl (C=O) groups excluding carboxylic acids is 2. The van der Waals surface area contributed by atoms with Gasteiger partial charge in [-0.3, -0.25) is 9.59 Å². The highest BCUT2D eigenvalue weighted by Crippen LogP contribution is 2.26. The molecule has 0 aromatic heterocycles. The van der Waals surface area contributed by atoms with Crippen LogP contribution in [0.2, 0.25) is 0 Å². The molecule has 1 atom stereocenters. The van der Waals surface area contributed by atoms with Crippen molar-refractivity contribution >= 4 is 17.5 Å². The van der Waals surface area contributed by atoms with Crippen molar-refractivity contribution in [3.05, 3.63) is 29.3 Å². The molecule has 2 heterocycles. The molecule has 1 aromatic carbocycles. The Labute approximate surface area is 111 Å². The van der Waals surface area contributed by atoms with Crippen molar-refractivity contribution in [3.8, 4) is 0 Å². The SMILES string of the molecule is Nc1cccc2c1CN(C(=O)C1CNC(=O)C1)CC2. The summed E-state index contributed by atoms with van der Waals surface area (Å²) in [5.74, 6) is -0.179. The molecule has 1 fully saturated rings. The summed E-state index contributed by atoms with van der Waals surface area (Å²) in [6, 6.07) is 5.88. The van der Waals surface area contributed by atoms with Gasteiger partial charge in [0.25, 0.3) is 0 Å². The zero-order valence-electron chi connectivity index (χ0n) is 10.7. The van der Waals surface area contributed by atoms with Gasteiger partial charge < -0.3 is 16.0 Å². The summed E-state index contributed by atoms with van der Waals surface area (Å²) in [5, 5.41) is 2.71. The van der Waals surface area contributed by atoms with Gasteiger partial charge in [0.2, 0.25) is 11.8 Å². The normalized spacial score (nSPS) is 22.0. The van der Waals surface area contributed by atoms with Crippen LogP contribution < -0.4 is 11.1 Å². The lowest BCUT2D eigenvalue weighted by Crippen LogP contribution is -2.40. The molecule has 2 aliphatic rings. The van der Waals surface area contributed by atoms with Crippen LogP contribution in [0.4, 0.5) is 5.69 Å². The number of nitrogens with two attached hydrogens (primary N) is 1. The van der Waals surface area contributed by atoms with E-state index in [9.17, 15) is 9.59 Å². The third-order valence-electron chi connectivity index (χ3n) is 3.95. The van der Waals surface area contributed by atoms with Crippen molar-refractivity contribution in [1.82, 2.24) is 10.2 Å². The van der Waals surface area contributed by atoms with Gasteiger partial charge in [-0.05, 0) is 23.6 Å². The molecule has 3 rings (SSSR count). The maximum Gasteiger partial charge on any atom is 0.228 e. The van der Waals surface area contributed by atoms with Crippen LogP contribution in [-0.2, 0) is 22.6 Å². The highest BCUT2D eigenvalue weighted by molar-refractivity contribution is 5.89. The molecule has 1 aromatic rings. The number of nitrogens with zero attached hydrogens (tertiary/aromatic N) is 1. The number of anilines is 1. The molecule has 1 unspecified atom stereocenters. The van der Waals surface area contributed by atoms with Gasteiger partial charge in [0, 0.05) is 31.7 Å². The molecule has 0 aliphatic carbocycles. The third kappa shape index (κ3) is 2.16. The molecule has 5 nitrogen and oxygen atoms in total. The van der Waals surface area contributed by atoms with Crippen LogP contribution in [0.5, 0.6) is 0 Å². The first-order valence-electron chi connectivity index (χ1n) is 6.57. The summed E-state index contributed by atoms with van der Waals surface area (Å²) in [5.41, 5.74) is 9.00. The van der Waals surface area contributed by atoms with E-state index in [4.69, 9.17) is 5.73 Å². The van der Waals surface area contributed by atoms with E-state index in [0.29, 0.717) is 26.1 Å². The third-order valence-corrected chi connectivity index (χ3v) is 3.95. The maximum atomic E-state index is 12.4. The largest absolute Gasteiger partial charge is 0.398 e. The van der Waals surface area contributed by atoms with E-state index >= 15 is 0 Å². The van der Waals surface area contributed by atoms with Gasteiger partial charge in [-0.25, -0.2) is 0 Å². The van der Waals surface area contributed by atoms with Gasteiger partial charge in [0.05, 0.1) is 5.92 Å². The van der Waals surface area contributed by atoms with E-state index in [1.165, 1.54) is 5.56 Å². The van der Waals surface area contributed by atoms with Crippen molar-refractivity contribution in [2.45, 2.75) is 19.4 Å². The zero-order valence-corrected chi connectivity index (χ0v) is 10.7. The van der Waals surface area contributed by atoms with Gasteiger partial charge in [-0.1, -0.05) is 12.1 Å². The first kappa shape index (κ1) is 12.0. The molecule has 0 radical (unpaired) electrons. The predicted molar refractivity (Wildman–Crippen MR) is 71.1 cm³/mol. The van der Waals surface area contributed by atoms with E-state index in [2.05, 4.69) is 11.4 Å². The number of carbonyl (C=O) groups is 2. The van der Waals surface area contributed by atoms with Gasteiger partial charge in [0.15, 0.2) is 0 Å². The van der Waals surface area contributed by atoms with Crippen molar-refractivity contribution in [2.75, 3.05) is 18.8 Å². The fourth-order valence-corrected chi connectivity index (χ4v) is 2.83. The van der Waals surface area contributed by atoms with Crippen LogP contribution in [0.15, 0.2) is 18.2 Å². The number of hydrogen-bond donors (Lipinski definition) is 2. The first-order valence-corrected chi connectivity index (χ1v) is 6.57. The molecule has 0 bridgehead atoms. The van der Waals surface area contributed by atoms with Crippen LogP contribution in [0.1, 0.15) is 17.5 Å². The van der Waals surface area contributed by atoms with Gasteiger partial charge in [0.1, 0.15) is 0 Å². The quantitative estimate of drug-likeness (QED) is 0.712. The minimum Gasteiger partial charge on any atom is -0.398 e. The van der Waals surface area contributed by atoms with Crippen molar-refractivity contribution in [3.63, 3.8) is 0 Å². The van der Waals surface area contributed by atoms with Crippen LogP contribution >= 0.6 is 0 Å². The lowest BCUT2D eigenvalue weighted by molar-refractivity contribution is -0.136. The number of rotatable bonds is 1. The zero-order chi connectivity index (χ0) is 13.4. The topological polar surface area (TPSA) is 75.4 Å². The molecule has 0 saturated carbocycles. The van der Waals surface area contributed by atoms with E-state index < -0.39 is 0 Å². The fourth-order valence-electron chi connectivity index (χ4n) is 2.83. The van der Waals surface area contributed by atoms with Gasteiger partial charge in [-0.2, -0.15) is 0 Å². The number of hydrogen-bond acceptors (Lipinski definition) is 3. The monoisotopic (exact) mass is 259 g/mol. The molecule has 2 amide bonds. The van der Waals surface area contributed by atoms with Crippen LogP contribution in [0.25, 0.3) is 0 Å².